The van der Waals surface area contributed by atoms with Crippen LogP contribution in [0.2, 0.25) is 0 Å². The Bertz CT molecular complexity index is 522. The topological polar surface area (TPSA) is 81.9 Å². The van der Waals surface area contributed by atoms with Gasteiger partial charge in [-0.25, -0.2) is 14.8 Å². The number of nitrogens with one attached hydrogen (secondary N) is 1. The SMILES string of the molecule is Cn1ccnc1C(NN)c1cc(F)ccc1N. The third kappa shape index (κ3) is 2.13. The van der Waals surface area contributed by atoms with Crippen LogP contribution in [0.25, 0.3) is 0 Å². The second kappa shape index (κ2) is 4.52. The van der Waals surface area contributed by atoms with E-state index in [-0.39, 0.29) is 5.82 Å². The Kier molecular flexibility index (Phi) is 3.08. The number of hydrazine groups is 1. The van der Waals surface area contributed by atoms with Crippen LogP contribution in [-0.4, -0.2) is 9.55 Å². The zero-order valence-corrected chi connectivity index (χ0v) is 9.39. The molecule has 1 unspecified atom stereocenters. The van der Waals surface area contributed by atoms with E-state index in [1.54, 1.807) is 17.0 Å². The molecule has 0 fully saturated rings. The summed E-state index contributed by atoms with van der Waals surface area (Å²) in [5, 5.41) is 0. The summed E-state index contributed by atoms with van der Waals surface area (Å²) in [6, 6.07) is 3.74. The normalized spacial score (nSPS) is 12.6. The van der Waals surface area contributed by atoms with Crippen LogP contribution >= 0.6 is 0 Å². The summed E-state index contributed by atoms with van der Waals surface area (Å²) in [5.74, 6) is 5.82. The van der Waals surface area contributed by atoms with Gasteiger partial charge in [-0.15, -0.1) is 0 Å². The van der Waals surface area contributed by atoms with Crippen LogP contribution in [0.3, 0.4) is 0 Å². The van der Waals surface area contributed by atoms with E-state index in [0.717, 1.165) is 0 Å². The van der Waals surface area contributed by atoms with Crippen LogP contribution in [0.15, 0.2) is 30.6 Å². The zero-order valence-electron chi connectivity index (χ0n) is 9.39. The van der Waals surface area contributed by atoms with Crippen molar-refractivity contribution < 1.29 is 4.39 Å². The number of aryl methyl sites for hydroxylation is 1. The number of imidazole rings is 1. The van der Waals surface area contributed by atoms with Crippen molar-refractivity contribution in [2.24, 2.45) is 12.9 Å². The predicted molar refractivity (Wildman–Crippen MR) is 63.2 cm³/mol. The molecule has 17 heavy (non-hydrogen) atoms. The predicted octanol–water partition coefficient (Wildman–Crippen LogP) is 0.694. The quantitative estimate of drug-likeness (QED) is 0.415. The third-order valence-electron chi connectivity index (χ3n) is 2.64. The monoisotopic (exact) mass is 235 g/mol. The van der Waals surface area contributed by atoms with Crippen molar-refractivity contribution in [1.82, 2.24) is 15.0 Å². The highest BCUT2D eigenvalue weighted by atomic mass is 19.1. The molecule has 0 saturated heterocycles. The van der Waals surface area contributed by atoms with Gasteiger partial charge in [-0.2, -0.15) is 0 Å². The average Bonchev–Trinajstić information content (AvgIpc) is 2.71. The largest absolute Gasteiger partial charge is 0.398 e. The Labute approximate surface area is 98.2 Å². The van der Waals surface area contributed by atoms with Crippen molar-refractivity contribution in [2.75, 3.05) is 5.73 Å². The first-order valence-corrected chi connectivity index (χ1v) is 5.11. The summed E-state index contributed by atoms with van der Waals surface area (Å²) in [5.41, 5.74) is 9.46. The maximum absolute atomic E-state index is 13.2. The zero-order chi connectivity index (χ0) is 12.4. The van der Waals surface area contributed by atoms with E-state index in [1.807, 2.05) is 7.05 Å². The first-order chi connectivity index (χ1) is 8.13. The average molecular weight is 235 g/mol. The first kappa shape index (κ1) is 11.6. The molecule has 0 saturated carbocycles. The maximum atomic E-state index is 13.2. The lowest BCUT2D eigenvalue weighted by atomic mass is 10.0. The van der Waals surface area contributed by atoms with Gasteiger partial charge >= 0.3 is 0 Å². The van der Waals surface area contributed by atoms with Gasteiger partial charge in [0.2, 0.25) is 0 Å². The molecular formula is C11H14FN5. The highest BCUT2D eigenvalue weighted by molar-refractivity contribution is 5.50. The number of benzene rings is 1. The molecule has 1 atom stereocenters. The molecule has 0 amide bonds. The van der Waals surface area contributed by atoms with Gasteiger partial charge in [-0.1, -0.05) is 0 Å². The molecule has 1 aromatic heterocycles. The minimum absolute atomic E-state index is 0.358. The van der Waals surface area contributed by atoms with E-state index in [2.05, 4.69) is 10.4 Å². The highest BCUT2D eigenvalue weighted by Crippen LogP contribution is 2.25. The number of aromatic nitrogens is 2. The third-order valence-corrected chi connectivity index (χ3v) is 2.64. The van der Waals surface area contributed by atoms with Crippen LogP contribution in [0.4, 0.5) is 10.1 Å². The molecular weight excluding hydrogens is 221 g/mol. The Morgan fingerprint density at radius 2 is 2.24 bits per heavy atom. The summed E-state index contributed by atoms with van der Waals surface area (Å²) in [4.78, 5) is 4.18. The fourth-order valence-electron chi connectivity index (χ4n) is 1.75. The first-order valence-electron chi connectivity index (χ1n) is 5.11. The van der Waals surface area contributed by atoms with Crippen molar-refractivity contribution in [2.45, 2.75) is 6.04 Å². The van der Waals surface area contributed by atoms with Gasteiger partial charge in [0.25, 0.3) is 0 Å². The standard InChI is InChI=1S/C11H14FN5/c1-17-5-4-15-11(17)10(16-14)8-6-7(12)2-3-9(8)13/h2-6,10,16H,13-14H2,1H3. The van der Waals surface area contributed by atoms with E-state index in [4.69, 9.17) is 11.6 Å². The smallest absolute Gasteiger partial charge is 0.131 e. The number of rotatable bonds is 3. The molecule has 0 aliphatic heterocycles. The Balaban J connectivity index is 2.49. The van der Waals surface area contributed by atoms with Gasteiger partial charge in [-0.3, -0.25) is 5.84 Å². The molecule has 0 bridgehead atoms. The minimum atomic E-state index is -0.439. The fraction of sp³-hybridized carbons (Fsp3) is 0.182. The van der Waals surface area contributed by atoms with Crippen LogP contribution in [0, 0.1) is 5.82 Å². The van der Waals surface area contributed by atoms with Crippen molar-refractivity contribution in [1.29, 1.82) is 0 Å². The molecule has 1 aromatic carbocycles. The summed E-state index contributed by atoms with van der Waals surface area (Å²) in [7, 11) is 1.84. The highest BCUT2D eigenvalue weighted by Gasteiger charge is 2.19. The number of hydrogen-bond acceptors (Lipinski definition) is 4. The van der Waals surface area contributed by atoms with Gasteiger partial charge < -0.3 is 10.3 Å². The maximum Gasteiger partial charge on any atom is 0.131 e. The second-order valence-electron chi connectivity index (χ2n) is 3.77. The molecule has 90 valence electrons. The fourth-order valence-corrected chi connectivity index (χ4v) is 1.75. The summed E-state index contributed by atoms with van der Waals surface area (Å²) >= 11 is 0. The molecule has 5 N–H and O–H groups in total. The lowest BCUT2D eigenvalue weighted by Gasteiger charge is -2.18. The number of nitrogens with two attached hydrogens (primary N) is 2. The molecule has 5 nitrogen and oxygen atoms in total. The summed E-state index contributed by atoms with van der Waals surface area (Å²) in [6.07, 6.45) is 3.43. The van der Waals surface area contributed by atoms with E-state index in [9.17, 15) is 4.39 Å². The Hall–Kier alpha value is -1.92. The van der Waals surface area contributed by atoms with Crippen LogP contribution in [0.1, 0.15) is 17.4 Å². The number of halogens is 1. The lowest BCUT2D eigenvalue weighted by Crippen LogP contribution is -2.31. The molecule has 2 aromatic rings. The summed E-state index contributed by atoms with van der Waals surface area (Å²) in [6.45, 7) is 0. The van der Waals surface area contributed by atoms with Crippen molar-refractivity contribution in [3.8, 4) is 0 Å². The van der Waals surface area contributed by atoms with Gasteiger partial charge in [0.1, 0.15) is 17.7 Å². The second-order valence-corrected chi connectivity index (χ2v) is 3.77. The van der Waals surface area contributed by atoms with E-state index in [0.29, 0.717) is 17.1 Å². The Morgan fingerprint density at radius 3 is 2.82 bits per heavy atom. The van der Waals surface area contributed by atoms with Crippen molar-refractivity contribution in [3.63, 3.8) is 0 Å². The number of nitrogen functional groups attached to an aromatic ring is 1. The lowest BCUT2D eigenvalue weighted by molar-refractivity contribution is 0.571. The van der Waals surface area contributed by atoms with E-state index < -0.39 is 6.04 Å². The van der Waals surface area contributed by atoms with Crippen molar-refractivity contribution >= 4 is 5.69 Å². The number of nitrogens with zero attached hydrogens (tertiary/aromatic N) is 2. The number of anilines is 1. The number of hydrogen-bond donors (Lipinski definition) is 3. The van der Waals surface area contributed by atoms with Crippen LogP contribution in [0.5, 0.6) is 0 Å². The van der Waals surface area contributed by atoms with Gasteiger partial charge in [0, 0.05) is 30.7 Å². The Morgan fingerprint density at radius 1 is 1.47 bits per heavy atom. The minimum Gasteiger partial charge on any atom is -0.398 e. The molecule has 0 spiro atoms. The molecule has 1 heterocycles. The van der Waals surface area contributed by atoms with Crippen LogP contribution < -0.4 is 17.0 Å². The molecule has 0 radical (unpaired) electrons. The molecule has 2 rings (SSSR count). The molecule has 0 aliphatic carbocycles. The molecule has 0 aliphatic rings. The van der Waals surface area contributed by atoms with Gasteiger partial charge in [0.05, 0.1) is 0 Å². The molecule has 6 heteroatoms. The summed E-state index contributed by atoms with van der Waals surface area (Å²) < 4.78 is 15.0. The van der Waals surface area contributed by atoms with Crippen LogP contribution in [-0.2, 0) is 7.05 Å². The van der Waals surface area contributed by atoms with E-state index >= 15 is 0 Å². The van der Waals surface area contributed by atoms with Crippen molar-refractivity contribution in [3.05, 3.63) is 47.8 Å². The van der Waals surface area contributed by atoms with Gasteiger partial charge in [-0.05, 0) is 18.2 Å². The van der Waals surface area contributed by atoms with Gasteiger partial charge in [0.15, 0.2) is 0 Å². The van der Waals surface area contributed by atoms with E-state index in [1.165, 1.54) is 18.2 Å².